The highest BCUT2D eigenvalue weighted by molar-refractivity contribution is 5.91. The van der Waals surface area contributed by atoms with Gasteiger partial charge in [0, 0.05) is 33.0 Å². The number of likely N-dealkylation sites (N-methyl/N-ethyl adjacent to an activating group) is 2. The fraction of sp³-hybridized carbons (Fsp3) is 0.615. The summed E-state index contributed by atoms with van der Waals surface area (Å²) in [5.41, 5.74) is 0.860. The maximum absolute atomic E-state index is 14.0. The van der Waals surface area contributed by atoms with Gasteiger partial charge in [-0.15, -0.1) is 25.2 Å². The first-order valence-electron chi connectivity index (χ1n) is 17.4. The molecule has 0 radical (unpaired) electrons. The summed E-state index contributed by atoms with van der Waals surface area (Å²) in [6.07, 6.45) is 20.7. The molecule has 3 amide bonds. The molecule has 1 saturated carbocycles. The zero-order chi connectivity index (χ0) is 35.5. The molecular weight excluding hydrogens is 604 g/mol. The lowest BCUT2D eigenvalue weighted by Crippen LogP contribution is -2.57. The van der Waals surface area contributed by atoms with Crippen LogP contribution in [-0.4, -0.2) is 95.3 Å². The number of nitrogens with zero attached hydrogens (tertiary/aromatic N) is 2. The van der Waals surface area contributed by atoms with Crippen LogP contribution in [0.2, 0.25) is 0 Å². The number of carbonyl (C=O) groups excluding carboxylic acids is 3. The van der Waals surface area contributed by atoms with Gasteiger partial charge in [-0.3, -0.25) is 14.4 Å². The van der Waals surface area contributed by atoms with Crippen molar-refractivity contribution in [2.45, 2.75) is 102 Å². The summed E-state index contributed by atoms with van der Waals surface area (Å²) in [5, 5.41) is 27.5. The van der Waals surface area contributed by atoms with Crippen molar-refractivity contribution >= 4 is 17.7 Å². The fourth-order valence-corrected chi connectivity index (χ4v) is 6.30. The number of benzene rings is 1. The topological polar surface area (TPSA) is 122 Å². The Labute approximate surface area is 288 Å². The Bertz CT molecular complexity index is 1240. The molecule has 4 N–H and O–H groups in total. The Balaban J connectivity index is 2.31. The monoisotopic (exact) mass is 660 g/mol. The van der Waals surface area contributed by atoms with E-state index in [0.29, 0.717) is 19.5 Å². The van der Waals surface area contributed by atoms with Crippen molar-refractivity contribution in [3.63, 3.8) is 0 Å². The van der Waals surface area contributed by atoms with Gasteiger partial charge in [0.2, 0.25) is 17.7 Å². The Hall–Kier alpha value is -3.81. The molecule has 48 heavy (non-hydrogen) atoms. The molecule has 1 aliphatic carbocycles. The molecule has 0 aliphatic heterocycles. The molecule has 0 aromatic heterocycles. The van der Waals surface area contributed by atoms with Gasteiger partial charge in [-0.25, -0.2) is 0 Å². The van der Waals surface area contributed by atoms with E-state index in [9.17, 15) is 24.6 Å². The van der Waals surface area contributed by atoms with Crippen molar-refractivity contribution < 1.29 is 24.6 Å². The number of hydrogen-bond acceptors (Lipinski definition) is 6. The largest absolute Gasteiger partial charge is 0.390 e. The van der Waals surface area contributed by atoms with Crippen molar-refractivity contribution in [1.29, 1.82) is 0 Å². The van der Waals surface area contributed by atoms with Crippen LogP contribution >= 0.6 is 0 Å². The smallest absolute Gasteiger partial charge is 0.245 e. The van der Waals surface area contributed by atoms with Crippen LogP contribution in [0.5, 0.6) is 0 Å². The van der Waals surface area contributed by atoms with Crippen molar-refractivity contribution in [1.82, 2.24) is 20.4 Å². The lowest BCUT2D eigenvalue weighted by molar-refractivity contribution is -0.137. The zero-order valence-electron chi connectivity index (χ0n) is 29.1. The minimum Gasteiger partial charge on any atom is -0.390 e. The lowest BCUT2D eigenvalue weighted by atomic mass is 9.82. The second-order valence-electron chi connectivity index (χ2n) is 12.9. The van der Waals surface area contributed by atoms with Crippen molar-refractivity contribution in [2.24, 2.45) is 17.8 Å². The molecule has 0 spiro atoms. The first-order valence-corrected chi connectivity index (χ1v) is 17.4. The third kappa shape index (κ3) is 13.4. The van der Waals surface area contributed by atoms with E-state index in [1.165, 1.54) is 0 Å². The zero-order valence-corrected chi connectivity index (χ0v) is 29.1. The second-order valence-corrected chi connectivity index (χ2v) is 12.9. The van der Waals surface area contributed by atoms with E-state index >= 15 is 0 Å². The van der Waals surface area contributed by atoms with Crippen LogP contribution in [0.1, 0.15) is 77.2 Å². The predicted octanol–water partition coefficient (Wildman–Crippen LogP) is 2.99. The third-order valence-corrected chi connectivity index (χ3v) is 9.49. The van der Waals surface area contributed by atoms with Gasteiger partial charge >= 0.3 is 0 Å². The number of amides is 3. The molecule has 0 heterocycles. The normalized spacial score (nSPS) is 16.4. The van der Waals surface area contributed by atoms with Crippen LogP contribution in [-0.2, 0) is 20.8 Å². The van der Waals surface area contributed by atoms with E-state index < -0.39 is 47.9 Å². The minimum absolute atomic E-state index is 0.0784. The number of terminal acetylenes is 3. The third-order valence-electron chi connectivity index (χ3n) is 9.49. The van der Waals surface area contributed by atoms with E-state index in [4.69, 9.17) is 19.3 Å². The molecule has 3 unspecified atom stereocenters. The van der Waals surface area contributed by atoms with Crippen LogP contribution in [0, 0.1) is 54.8 Å². The lowest BCUT2D eigenvalue weighted by Gasteiger charge is -2.33. The van der Waals surface area contributed by atoms with Gasteiger partial charge in [0.1, 0.15) is 18.1 Å². The highest BCUT2D eigenvalue weighted by Gasteiger charge is 2.36. The SMILES string of the molecule is C#CCCC(O)[C@H](O)C(CC1CCCCC1)NC(=O)[C@@H](NC(=O)C(CC(=O)N(C)CCN(CC)CC)Cc1ccccc1)C(C#C)C#C. The summed E-state index contributed by atoms with van der Waals surface area (Å²) in [7, 11) is 1.72. The molecule has 9 heteroatoms. The van der Waals surface area contributed by atoms with Gasteiger partial charge in [-0.05, 0) is 43.8 Å². The Morgan fingerprint density at radius 1 is 0.938 bits per heavy atom. The van der Waals surface area contributed by atoms with E-state index in [0.717, 1.165) is 50.8 Å². The highest BCUT2D eigenvalue weighted by atomic mass is 16.3. The standard InChI is InChI=1S/C39H56N4O5/c1-7-12-23-34(44)37(46)33(27-30-21-17-14-18-22-30)40-39(48)36(31(8-2)9-3)41-38(47)32(26-29-19-15-13-16-20-29)28-35(45)42(6)24-25-43(10-4)11-5/h1-3,13,15-16,19-20,30-34,36-37,44,46H,10-12,14,17-18,21-28H2,4-6H3,(H,40,48)(H,41,47)/t32?,33?,34?,36-,37+/m0/s1. The van der Waals surface area contributed by atoms with Crippen LogP contribution in [0.3, 0.4) is 0 Å². The van der Waals surface area contributed by atoms with Gasteiger partial charge in [-0.2, -0.15) is 0 Å². The van der Waals surface area contributed by atoms with Gasteiger partial charge in [0.15, 0.2) is 0 Å². The number of rotatable bonds is 20. The minimum atomic E-state index is -1.33. The average Bonchev–Trinajstić information content (AvgIpc) is 3.10. The van der Waals surface area contributed by atoms with Gasteiger partial charge < -0.3 is 30.6 Å². The number of hydrogen-bond donors (Lipinski definition) is 4. The molecule has 0 bridgehead atoms. The number of aliphatic hydroxyl groups is 2. The molecule has 0 saturated heterocycles. The summed E-state index contributed by atoms with van der Waals surface area (Å²) < 4.78 is 0. The molecule has 1 aromatic carbocycles. The first-order chi connectivity index (χ1) is 23.1. The van der Waals surface area contributed by atoms with Gasteiger partial charge in [0.05, 0.1) is 18.1 Å². The molecule has 5 atom stereocenters. The summed E-state index contributed by atoms with van der Waals surface area (Å²) >= 11 is 0. The molecule has 1 aromatic rings. The Morgan fingerprint density at radius 2 is 1.58 bits per heavy atom. The van der Waals surface area contributed by atoms with Crippen LogP contribution in [0.25, 0.3) is 0 Å². The first kappa shape index (κ1) is 40.4. The summed E-state index contributed by atoms with van der Waals surface area (Å²) in [4.78, 5) is 45.1. The summed E-state index contributed by atoms with van der Waals surface area (Å²) in [5.74, 6) is 4.30. The number of aliphatic hydroxyl groups excluding tert-OH is 2. The van der Waals surface area contributed by atoms with E-state index in [1.54, 1.807) is 11.9 Å². The highest BCUT2D eigenvalue weighted by Crippen LogP contribution is 2.29. The molecule has 9 nitrogen and oxygen atoms in total. The van der Waals surface area contributed by atoms with Crippen molar-refractivity contribution in [2.75, 3.05) is 33.2 Å². The molecule has 262 valence electrons. The molecular formula is C39H56N4O5. The predicted molar refractivity (Wildman–Crippen MR) is 190 cm³/mol. The van der Waals surface area contributed by atoms with Crippen LogP contribution in [0.4, 0.5) is 0 Å². The second kappa shape index (κ2) is 21.9. The van der Waals surface area contributed by atoms with Crippen molar-refractivity contribution in [3.8, 4) is 37.0 Å². The molecule has 1 fully saturated rings. The Kier molecular flexibility index (Phi) is 18.5. The van der Waals surface area contributed by atoms with E-state index in [1.807, 2.05) is 30.3 Å². The van der Waals surface area contributed by atoms with Crippen molar-refractivity contribution in [3.05, 3.63) is 35.9 Å². The number of carbonyl (C=O) groups is 3. The van der Waals surface area contributed by atoms with E-state index in [-0.39, 0.29) is 37.5 Å². The van der Waals surface area contributed by atoms with Crippen LogP contribution in [0.15, 0.2) is 30.3 Å². The summed E-state index contributed by atoms with van der Waals surface area (Å²) in [6.45, 7) is 7.10. The quantitative estimate of drug-likeness (QED) is 0.160. The molecule has 2 rings (SSSR count). The van der Waals surface area contributed by atoms with Gasteiger partial charge in [-0.1, -0.05) is 88.1 Å². The Morgan fingerprint density at radius 3 is 2.17 bits per heavy atom. The maximum atomic E-state index is 14.0. The number of nitrogens with one attached hydrogen (secondary N) is 2. The summed E-state index contributed by atoms with van der Waals surface area (Å²) in [6, 6.07) is 7.22. The van der Waals surface area contributed by atoms with E-state index in [2.05, 4.69) is 47.1 Å². The fourth-order valence-electron chi connectivity index (χ4n) is 6.30. The maximum Gasteiger partial charge on any atom is 0.245 e. The van der Waals surface area contributed by atoms with Gasteiger partial charge in [0.25, 0.3) is 0 Å². The molecule has 1 aliphatic rings. The van der Waals surface area contributed by atoms with Crippen LogP contribution < -0.4 is 10.6 Å². The average molecular weight is 661 g/mol.